The second-order valence-corrected chi connectivity index (χ2v) is 6.95. The molecule has 1 aromatic carbocycles. The van der Waals surface area contributed by atoms with E-state index >= 15 is 0 Å². The van der Waals surface area contributed by atoms with Crippen molar-refractivity contribution in [2.45, 2.75) is 20.3 Å². The quantitative estimate of drug-likeness (QED) is 0.661. The van der Waals surface area contributed by atoms with Crippen LogP contribution < -0.4 is 5.32 Å². The molecule has 6 nitrogen and oxygen atoms in total. The number of nitrogens with zero attached hydrogens (tertiary/aromatic N) is 2. The Morgan fingerprint density at radius 1 is 1.22 bits per heavy atom. The fourth-order valence-electron chi connectivity index (χ4n) is 2.41. The Balaban J connectivity index is 1.50. The number of amides is 1. The van der Waals surface area contributed by atoms with Gasteiger partial charge in [0.1, 0.15) is 5.01 Å². The molecule has 0 atom stereocenters. The van der Waals surface area contributed by atoms with Crippen molar-refractivity contribution in [3.05, 3.63) is 64.9 Å². The molecule has 2 heterocycles. The molecule has 0 fully saturated rings. The Hall–Kier alpha value is -3.06. The average Bonchev–Trinajstić information content (AvgIpc) is 3.12. The molecular formula is C20H19N3O3S. The predicted molar refractivity (Wildman–Crippen MR) is 105 cm³/mol. The Kier molecular flexibility index (Phi) is 5.93. The summed E-state index contributed by atoms with van der Waals surface area (Å²) in [5.41, 5.74) is 4.22. The Morgan fingerprint density at radius 3 is 2.85 bits per heavy atom. The molecule has 3 rings (SSSR count). The smallest absolute Gasteiger partial charge is 0.312 e. The summed E-state index contributed by atoms with van der Waals surface area (Å²) in [4.78, 5) is 32.5. The molecule has 7 heteroatoms. The molecule has 0 aliphatic rings. The summed E-state index contributed by atoms with van der Waals surface area (Å²) in [5, 5.41) is 5.35. The van der Waals surface area contributed by atoms with Crippen molar-refractivity contribution in [3.8, 4) is 10.6 Å². The number of anilines is 1. The van der Waals surface area contributed by atoms with Gasteiger partial charge in [-0.25, -0.2) is 4.98 Å². The van der Waals surface area contributed by atoms with E-state index in [9.17, 15) is 9.59 Å². The highest BCUT2D eigenvalue weighted by Crippen LogP contribution is 2.23. The fraction of sp³-hybridized carbons (Fsp3) is 0.200. The van der Waals surface area contributed by atoms with Crippen LogP contribution in [0.25, 0.3) is 10.6 Å². The molecule has 0 saturated heterocycles. The van der Waals surface area contributed by atoms with Crippen molar-refractivity contribution in [2.75, 3.05) is 11.9 Å². The molecule has 1 amide bonds. The number of carbonyl (C=O) groups excluding carboxylic acids is 2. The first-order valence-corrected chi connectivity index (χ1v) is 9.27. The Morgan fingerprint density at radius 2 is 2.07 bits per heavy atom. The molecule has 0 radical (unpaired) electrons. The Labute approximate surface area is 161 Å². The van der Waals surface area contributed by atoms with E-state index in [1.807, 2.05) is 44.2 Å². The SMILES string of the molecule is Cc1ccc(C)c(NC(=O)COC(=O)Cc2csc(-c3cccnc3)n2)c1. The molecule has 0 aliphatic heterocycles. The number of aromatic nitrogens is 2. The first-order valence-electron chi connectivity index (χ1n) is 8.39. The van der Waals surface area contributed by atoms with Gasteiger partial charge in [0.2, 0.25) is 0 Å². The van der Waals surface area contributed by atoms with Gasteiger partial charge in [-0.2, -0.15) is 0 Å². The number of hydrogen-bond acceptors (Lipinski definition) is 6. The van der Waals surface area contributed by atoms with Gasteiger partial charge in [0.25, 0.3) is 5.91 Å². The average molecular weight is 381 g/mol. The van der Waals surface area contributed by atoms with Crippen LogP contribution in [0.5, 0.6) is 0 Å². The van der Waals surface area contributed by atoms with Crippen LogP contribution in [0.2, 0.25) is 0 Å². The topological polar surface area (TPSA) is 81.2 Å². The van der Waals surface area contributed by atoms with Crippen molar-refractivity contribution < 1.29 is 14.3 Å². The van der Waals surface area contributed by atoms with Gasteiger partial charge in [-0.15, -0.1) is 11.3 Å². The zero-order valence-corrected chi connectivity index (χ0v) is 15.9. The van der Waals surface area contributed by atoms with Crippen LogP contribution >= 0.6 is 11.3 Å². The summed E-state index contributed by atoms with van der Waals surface area (Å²) in [7, 11) is 0. The first-order chi connectivity index (χ1) is 13.0. The highest BCUT2D eigenvalue weighted by Gasteiger charge is 2.13. The molecule has 0 saturated carbocycles. The van der Waals surface area contributed by atoms with Gasteiger partial charge in [-0.05, 0) is 43.2 Å². The maximum Gasteiger partial charge on any atom is 0.312 e. The largest absolute Gasteiger partial charge is 0.455 e. The van der Waals surface area contributed by atoms with Gasteiger partial charge in [-0.1, -0.05) is 12.1 Å². The summed E-state index contributed by atoms with van der Waals surface area (Å²) in [6.07, 6.45) is 3.44. The van der Waals surface area contributed by atoms with Gasteiger partial charge >= 0.3 is 5.97 Å². The predicted octanol–water partition coefficient (Wildman–Crippen LogP) is 3.55. The number of benzene rings is 1. The zero-order valence-electron chi connectivity index (χ0n) is 15.1. The molecule has 0 aliphatic carbocycles. The van der Waals surface area contributed by atoms with Crippen molar-refractivity contribution in [3.63, 3.8) is 0 Å². The molecule has 3 aromatic rings. The molecule has 27 heavy (non-hydrogen) atoms. The van der Waals surface area contributed by atoms with Crippen molar-refractivity contribution in [1.82, 2.24) is 9.97 Å². The Bertz CT molecular complexity index is 954. The van der Waals surface area contributed by atoms with E-state index in [4.69, 9.17) is 4.74 Å². The minimum Gasteiger partial charge on any atom is -0.455 e. The third-order valence-electron chi connectivity index (χ3n) is 3.82. The standard InChI is InChI=1S/C20H19N3O3S/c1-13-5-6-14(2)17(8-13)23-18(24)11-26-19(25)9-16-12-27-20(22-16)15-4-3-7-21-10-15/h3-8,10,12H,9,11H2,1-2H3,(H,23,24). The third-order valence-corrected chi connectivity index (χ3v) is 4.76. The summed E-state index contributed by atoms with van der Waals surface area (Å²) in [6, 6.07) is 9.52. The van der Waals surface area contributed by atoms with Crippen molar-refractivity contribution in [2.24, 2.45) is 0 Å². The van der Waals surface area contributed by atoms with E-state index < -0.39 is 5.97 Å². The fourth-order valence-corrected chi connectivity index (χ4v) is 3.22. The minimum absolute atomic E-state index is 0.0213. The maximum atomic E-state index is 12.0. The highest BCUT2D eigenvalue weighted by molar-refractivity contribution is 7.13. The number of aryl methyl sites for hydroxylation is 2. The molecule has 1 N–H and O–H groups in total. The van der Waals surface area contributed by atoms with E-state index in [0.717, 1.165) is 27.4 Å². The van der Waals surface area contributed by atoms with Gasteiger partial charge in [0.05, 0.1) is 12.1 Å². The third kappa shape index (κ3) is 5.21. The lowest BCUT2D eigenvalue weighted by Crippen LogP contribution is -2.22. The molecule has 0 bridgehead atoms. The molecule has 138 valence electrons. The van der Waals surface area contributed by atoms with Crippen molar-refractivity contribution in [1.29, 1.82) is 0 Å². The number of rotatable bonds is 6. The van der Waals surface area contributed by atoms with Crippen molar-refractivity contribution >= 4 is 28.9 Å². The lowest BCUT2D eigenvalue weighted by molar-refractivity contribution is -0.146. The summed E-state index contributed by atoms with van der Waals surface area (Å²) in [6.45, 7) is 3.53. The lowest BCUT2D eigenvalue weighted by atomic mass is 10.1. The number of thiazole rings is 1. The van der Waals surface area contributed by atoms with E-state index in [2.05, 4.69) is 15.3 Å². The second kappa shape index (κ2) is 8.55. The molecular weight excluding hydrogens is 362 g/mol. The highest BCUT2D eigenvalue weighted by atomic mass is 32.1. The van der Waals surface area contributed by atoms with Crippen LogP contribution in [-0.2, 0) is 20.7 Å². The number of carbonyl (C=O) groups is 2. The number of pyridine rings is 1. The van der Waals surface area contributed by atoms with E-state index in [1.165, 1.54) is 11.3 Å². The summed E-state index contributed by atoms with van der Waals surface area (Å²) in [5.74, 6) is -0.861. The van der Waals surface area contributed by atoms with Crippen LogP contribution in [-0.4, -0.2) is 28.5 Å². The van der Waals surface area contributed by atoms with Crippen LogP contribution in [0.3, 0.4) is 0 Å². The number of hydrogen-bond donors (Lipinski definition) is 1. The van der Waals surface area contributed by atoms with Crippen LogP contribution in [0.4, 0.5) is 5.69 Å². The van der Waals surface area contributed by atoms with E-state index in [1.54, 1.807) is 17.8 Å². The number of esters is 1. The molecule has 0 spiro atoms. The molecule has 0 unspecified atom stereocenters. The van der Waals surface area contributed by atoms with Crippen LogP contribution in [0.15, 0.2) is 48.1 Å². The van der Waals surface area contributed by atoms with Crippen LogP contribution in [0.1, 0.15) is 16.8 Å². The van der Waals surface area contributed by atoms with Gasteiger partial charge in [0.15, 0.2) is 6.61 Å². The normalized spacial score (nSPS) is 10.4. The molecule has 2 aromatic heterocycles. The number of ether oxygens (including phenoxy) is 1. The van der Waals surface area contributed by atoms with Gasteiger partial charge in [0, 0.05) is 29.0 Å². The van der Waals surface area contributed by atoms with Gasteiger partial charge in [-0.3, -0.25) is 14.6 Å². The minimum atomic E-state index is -0.492. The lowest BCUT2D eigenvalue weighted by Gasteiger charge is -2.09. The van der Waals surface area contributed by atoms with Gasteiger partial charge < -0.3 is 10.1 Å². The van der Waals surface area contributed by atoms with Crippen LogP contribution in [0, 0.1) is 13.8 Å². The first kappa shape index (κ1) is 18.7. The summed E-state index contributed by atoms with van der Waals surface area (Å²) >= 11 is 1.44. The monoisotopic (exact) mass is 381 g/mol. The number of nitrogens with one attached hydrogen (secondary N) is 1. The second-order valence-electron chi connectivity index (χ2n) is 6.09. The summed E-state index contributed by atoms with van der Waals surface area (Å²) < 4.78 is 5.07. The maximum absolute atomic E-state index is 12.0. The van der Waals surface area contributed by atoms with E-state index in [0.29, 0.717) is 5.69 Å². The zero-order chi connectivity index (χ0) is 19.2. The van der Waals surface area contributed by atoms with E-state index in [-0.39, 0.29) is 18.9 Å².